The number of aliphatic imine (C=N–C) groups is 1. The van der Waals surface area contributed by atoms with Crippen molar-refractivity contribution >= 4 is 33.3 Å². The van der Waals surface area contributed by atoms with E-state index in [1.807, 2.05) is 41.4 Å². The fourth-order valence-electron chi connectivity index (χ4n) is 5.45. The minimum Gasteiger partial charge on any atom is -0.504 e. The van der Waals surface area contributed by atoms with Crippen molar-refractivity contribution in [1.29, 1.82) is 0 Å². The van der Waals surface area contributed by atoms with Gasteiger partial charge >= 0.3 is 0 Å². The van der Waals surface area contributed by atoms with Crippen LogP contribution in [0.15, 0.2) is 125 Å². The zero-order chi connectivity index (χ0) is 26.2. The molecule has 190 valence electrons. The Balaban J connectivity index is 1.33. The number of benzene rings is 4. The second kappa shape index (κ2) is 9.76. The molecule has 0 N–H and O–H groups in total. The van der Waals surface area contributed by atoms with Gasteiger partial charge in [0.1, 0.15) is 11.2 Å². The van der Waals surface area contributed by atoms with Gasteiger partial charge < -0.3 is 9.15 Å². The summed E-state index contributed by atoms with van der Waals surface area (Å²) in [6.45, 7) is 0.863. The molecule has 6 aromatic rings. The molecule has 0 radical (unpaired) electrons. The van der Waals surface area contributed by atoms with E-state index >= 15 is 0 Å². The first-order valence-electron chi connectivity index (χ1n) is 13.2. The highest BCUT2D eigenvalue weighted by atomic mass is 16.5. The average molecular weight is 510 g/mol. The molecule has 5 nitrogen and oxygen atoms in total. The van der Waals surface area contributed by atoms with Gasteiger partial charge in [0.25, 0.3) is 0 Å². The van der Waals surface area contributed by atoms with Gasteiger partial charge in [-0.05, 0) is 77.6 Å². The van der Waals surface area contributed by atoms with E-state index in [1.54, 1.807) is 7.11 Å². The van der Waals surface area contributed by atoms with E-state index in [0.717, 1.165) is 69.6 Å². The van der Waals surface area contributed by atoms with Crippen molar-refractivity contribution in [2.75, 3.05) is 7.11 Å². The molecule has 3 heterocycles. The van der Waals surface area contributed by atoms with Gasteiger partial charge in [0.05, 0.1) is 30.5 Å². The van der Waals surface area contributed by atoms with Crippen LogP contribution >= 0.6 is 0 Å². The summed E-state index contributed by atoms with van der Waals surface area (Å²) >= 11 is 0. The van der Waals surface area contributed by atoms with Crippen LogP contribution in [-0.4, -0.2) is 22.6 Å². The molecule has 0 atom stereocenters. The highest BCUT2D eigenvalue weighted by molar-refractivity contribution is 6.13. The first kappa shape index (κ1) is 23.2. The van der Waals surface area contributed by atoms with E-state index in [2.05, 4.69) is 77.9 Å². The Labute approximate surface area is 226 Å². The van der Waals surface area contributed by atoms with E-state index in [-0.39, 0.29) is 0 Å². The number of methoxy groups -OCH3 is 1. The number of hydrogen-bond donors (Lipinski definition) is 0. The molecule has 0 unspecified atom stereocenters. The van der Waals surface area contributed by atoms with Crippen molar-refractivity contribution in [2.24, 2.45) is 4.99 Å². The summed E-state index contributed by atoms with van der Waals surface area (Å²) < 4.78 is 13.7. The SMILES string of the molecule is CO/C=C1/CCCn2nccc2C1=Nc1ccc2oc3ccc(-c4cccc(-c5ccccc5)c4)cc3c2c1. The summed E-state index contributed by atoms with van der Waals surface area (Å²) in [6.07, 6.45) is 5.52. The van der Waals surface area contributed by atoms with Crippen molar-refractivity contribution in [3.05, 3.63) is 121 Å². The number of aromatic nitrogens is 2. The first-order chi connectivity index (χ1) is 19.3. The molecule has 0 fully saturated rings. The van der Waals surface area contributed by atoms with Gasteiger partial charge in [-0.3, -0.25) is 4.68 Å². The number of nitrogens with zero attached hydrogens (tertiary/aromatic N) is 3. The third-order valence-corrected chi connectivity index (χ3v) is 7.34. The molecule has 0 saturated heterocycles. The van der Waals surface area contributed by atoms with E-state index in [9.17, 15) is 0 Å². The van der Waals surface area contributed by atoms with Crippen LogP contribution in [0.5, 0.6) is 0 Å². The molecular formula is C34H27N3O2. The molecule has 0 aliphatic carbocycles. The lowest BCUT2D eigenvalue weighted by Gasteiger charge is -2.08. The molecule has 0 amide bonds. The largest absolute Gasteiger partial charge is 0.504 e. The quantitative estimate of drug-likeness (QED) is 0.224. The van der Waals surface area contributed by atoms with E-state index in [4.69, 9.17) is 14.1 Å². The lowest BCUT2D eigenvalue weighted by molar-refractivity contribution is 0.334. The topological polar surface area (TPSA) is 52.5 Å². The highest BCUT2D eigenvalue weighted by Crippen LogP contribution is 2.36. The Morgan fingerprint density at radius 3 is 2.38 bits per heavy atom. The second-order valence-corrected chi connectivity index (χ2v) is 9.82. The maximum atomic E-state index is 6.21. The van der Waals surface area contributed by atoms with Crippen molar-refractivity contribution in [2.45, 2.75) is 19.4 Å². The Morgan fingerprint density at radius 1 is 0.795 bits per heavy atom. The second-order valence-electron chi connectivity index (χ2n) is 9.82. The first-order valence-corrected chi connectivity index (χ1v) is 13.2. The number of allylic oxidation sites excluding steroid dienone is 1. The predicted octanol–water partition coefficient (Wildman–Crippen LogP) is 8.56. The summed E-state index contributed by atoms with van der Waals surface area (Å²) in [5, 5.41) is 6.63. The smallest absolute Gasteiger partial charge is 0.135 e. The number of hydrogen-bond acceptors (Lipinski definition) is 4. The molecule has 2 aromatic heterocycles. The summed E-state index contributed by atoms with van der Waals surface area (Å²) in [5.74, 6) is 0. The minimum absolute atomic E-state index is 0.850. The Hall–Kier alpha value is -4.90. The summed E-state index contributed by atoms with van der Waals surface area (Å²) in [4.78, 5) is 5.12. The average Bonchev–Trinajstić information content (AvgIpc) is 3.56. The number of ether oxygens (including phenoxy) is 1. The predicted molar refractivity (Wildman–Crippen MR) is 157 cm³/mol. The molecular weight excluding hydrogens is 482 g/mol. The van der Waals surface area contributed by atoms with Gasteiger partial charge in [-0.2, -0.15) is 5.10 Å². The number of rotatable bonds is 4. The van der Waals surface area contributed by atoms with E-state index in [1.165, 1.54) is 16.7 Å². The minimum atomic E-state index is 0.850. The van der Waals surface area contributed by atoms with Crippen LogP contribution in [-0.2, 0) is 11.3 Å². The van der Waals surface area contributed by atoms with Gasteiger partial charge in [0, 0.05) is 29.1 Å². The van der Waals surface area contributed by atoms with Crippen LogP contribution in [0.1, 0.15) is 18.5 Å². The number of fused-ring (bicyclic) bond motifs is 4. The van der Waals surface area contributed by atoms with Crippen molar-refractivity contribution in [3.8, 4) is 22.3 Å². The van der Waals surface area contributed by atoms with Crippen molar-refractivity contribution in [3.63, 3.8) is 0 Å². The van der Waals surface area contributed by atoms with E-state index in [0.29, 0.717) is 0 Å². The summed E-state index contributed by atoms with van der Waals surface area (Å²) in [7, 11) is 1.68. The fraction of sp³-hybridized carbons (Fsp3) is 0.118. The maximum Gasteiger partial charge on any atom is 0.135 e. The van der Waals surface area contributed by atoms with Crippen LogP contribution in [0.3, 0.4) is 0 Å². The Kier molecular flexibility index (Phi) is 5.82. The molecule has 0 bridgehead atoms. The zero-order valence-electron chi connectivity index (χ0n) is 21.7. The third kappa shape index (κ3) is 4.32. The van der Waals surface area contributed by atoms with Crippen LogP contribution in [0.4, 0.5) is 5.69 Å². The van der Waals surface area contributed by atoms with Crippen molar-refractivity contribution in [1.82, 2.24) is 9.78 Å². The third-order valence-electron chi connectivity index (χ3n) is 7.34. The number of aryl methyl sites for hydroxylation is 1. The van der Waals surface area contributed by atoms with Gasteiger partial charge in [-0.1, -0.05) is 54.6 Å². The maximum absolute atomic E-state index is 6.21. The molecule has 5 heteroatoms. The molecule has 1 aliphatic heterocycles. The zero-order valence-corrected chi connectivity index (χ0v) is 21.7. The fourth-order valence-corrected chi connectivity index (χ4v) is 5.45. The summed E-state index contributed by atoms with van der Waals surface area (Å²) in [6, 6.07) is 33.7. The van der Waals surface area contributed by atoms with Gasteiger partial charge in [0.2, 0.25) is 0 Å². The van der Waals surface area contributed by atoms with Crippen LogP contribution in [0.2, 0.25) is 0 Å². The molecule has 1 aliphatic rings. The Bertz CT molecular complexity index is 1880. The van der Waals surface area contributed by atoms with E-state index < -0.39 is 0 Å². The van der Waals surface area contributed by atoms with Gasteiger partial charge in [0.15, 0.2) is 0 Å². The van der Waals surface area contributed by atoms with Crippen LogP contribution < -0.4 is 0 Å². The number of furan rings is 1. The molecule has 4 aromatic carbocycles. The molecule has 0 saturated carbocycles. The van der Waals surface area contributed by atoms with Gasteiger partial charge in [-0.25, -0.2) is 4.99 Å². The molecule has 39 heavy (non-hydrogen) atoms. The molecule has 0 spiro atoms. The van der Waals surface area contributed by atoms with Crippen molar-refractivity contribution < 1.29 is 9.15 Å². The monoisotopic (exact) mass is 509 g/mol. The lowest BCUT2D eigenvalue weighted by Crippen LogP contribution is -2.09. The summed E-state index contributed by atoms with van der Waals surface area (Å²) in [5.41, 5.74) is 10.3. The molecule has 7 rings (SSSR count). The normalized spacial score (nSPS) is 15.6. The van der Waals surface area contributed by atoms with Crippen LogP contribution in [0, 0.1) is 0 Å². The van der Waals surface area contributed by atoms with Gasteiger partial charge in [-0.15, -0.1) is 0 Å². The standard InChI is InChI=1S/C34H27N3O2/c1-38-22-27-11-6-18-37-31(16-17-35-37)34(27)36-28-13-15-33-30(21-28)29-20-26(12-14-32(29)39-33)25-10-5-9-24(19-25)23-7-3-2-4-8-23/h2-5,7-10,12-17,19-22H,6,11,18H2,1H3/b27-22-,36-34?. The van der Waals surface area contributed by atoms with Crippen LogP contribution in [0.25, 0.3) is 44.2 Å². The highest BCUT2D eigenvalue weighted by Gasteiger charge is 2.20. The Morgan fingerprint density at radius 2 is 1.54 bits per heavy atom. The lowest BCUT2D eigenvalue weighted by atomic mass is 9.98.